The van der Waals surface area contributed by atoms with Gasteiger partial charge in [0.1, 0.15) is 5.82 Å². The zero-order chi connectivity index (χ0) is 19.2. The molecule has 142 valence electrons. The monoisotopic (exact) mass is 387 g/mol. The molecule has 2 heterocycles. The fourth-order valence-electron chi connectivity index (χ4n) is 3.46. The fourth-order valence-corrected chi connectivity index (χ4v) is 3.76. The summed E-state index contributed by atoms with van der Waals surface area (Å²) in [7, 11) is 0. The van der Waals surface area contributed by atoms with Gasteiger partial charge in [-0.2, -0.15) is 12.6 Å². The Morgan fingerprint density at radius 2 is 1.46 bits per heavy atom. The predicted octanol–water partition coefficient (Wildman–Crippen LogP) is 6.39. The molecule has 28 heavy (non-hydrogen) atoms. The summed E-state index contributed by atoms with van der Waals surface area (Å²) in [5.74, 6) is 0.946. The molecule has 0 aliphatic carbocycles. The molecule has 4 heteroatoms. The number of nitrogens with zero attached hydrogens (tertiary/aromatic N) is 2. The second-order valence-electron chi connectivity index (χ2n) is 7.01. The van der Waals surface area contributed by atoms with Crippen molar-refractivity contribution in [1.29, 1.82) is 0 Å². The molecule has 0 bridgehead atoms. The summed E-state index contributed by atoms with van der Waals surface area (Å²) in [6.45, 7) is 1.05. The molecule has 1 unspecified atom stereocenters. The third-order valence-electron chi connectivity index (χ3n) is 4.96. The van der Waals surface area contributed by atoms with E-state index < -0.39 is 0 Å². The van der Waals surface area contributed by atoms with Gasteiger partial charge in [-0.1, -0.05) is 67.1 Å². The van der Waals surface area contributed by atoms with Crippen molar-refractivity contribution in [2.24, 2.45) is 0 Å². The van der Waals surface area contributed by atoms with Crippen molar-refractivity contribution in [2.45, 2.75) is 31.1 Å². The van der Waals surface area contributed by atoms with E-state index in [1.807, 2.05) is 12.1 Å². The van der Waals surface area contributed by atoms with Gasteiger partial charge in [0.25, 0.3) is 0 Å². The Morgan fingerprint density at radius 3 is 2.14 bits per heavy atom. The highest BCUT2D eigenvalue weighted by Gasteiger charge is 2.17. The second kappa shape index (κ2) is 8.98. The van der Waals surface area contributed by atoms with Crippen LogP contribution in [-0.4, -0.2) is 14.5 Å². The molecule has 2 aromatic carbocycles. The normalized spacial score (nSPS) is 12.2. The molecular weight excluding hydrogens is 362 g/mol. The summed E-state index contributed by atoms with van der Waals surface area (Å²) in [6.07, 6.45) is 7.49. The van der Waals surface area contributed by atoms with E-state index in [4.69, 9.17) is 17.6 Å². The molecule has 0 aliphatic heterocycles. The third kappa shape index (κ3) is 4.39. The van der Waals surface area contributed by atoms with Gasteiger partial charge in [0.15, 0.2) is 0 Å². The molecule has 3 nitrogen and oxygen atoms in total. The molecule has 0 aliphatic rings. The van der Waals surface area contributed by atoms with E-state index in [9.17, 15) is 0 Å². The van der Waals surface area contributed by atoms with Crippen molar-refractivity contribution in [3.05, 3.63) is 91.0 Å². The van der Waals surface area contributed by atoms with Crippen LogP contribution in [0.4, 0.5) is 0 Å². The van der Waals surface area contributed by atoms with Crippen LogP contribution >= 0.6 is 12.6 Å². The standard InChI is InChI=1S/C24H25N3S/c28-21(15-7-8-16-27-17-9-10-18-27)24-25-22(19-11-3-1-4-12-19)23(26-24)20-13-5-2-6-14-20/h1-6,9-14,17-18,21,28H,7-8,15-16H2,(H,25,26). The maximum absolute atomic E-state index is 4.95. The van der Waals surface area contributed by atoms with Crippen LogP contribution in [0.25, 0.3) is 22.5 Å². The largest absolute Gasteiger partial charge is 0.354 e. The Labute approximate surface area is 171 Å². The molecule has 0 spiro atoms. The lowest BCUT2D eigenvalue weighted by molar-refractivity contribution is 0.581. The van der Waals surface area contributed by atoms with Gasteiger partial charge in [0.2, 0.25) is 0 Å². The van der Waals surface area contributed by atoms with Gasteiger partial charge in [-0.05, 0) is 25.0 Å². The van der Waals surface area contributed by atoms with E-state index >= 15 is 0 Å². The van der Waals surface area contributed by atoms with E-state index in [-0.39, 0.29) is 5.25 Å². The Balaban J connectivity index is 1.51. The molecule has 2 aromatic heterocycles. The maximum Gasteiger partial charge on any atom is 0.120 e. The number of thiol groups is 1. The lowest BCUT2D eigenvalue weighted by atomic mass is 10.1. The quantitative estimate of drug-likeness (QED) is 0.267. The number of imidazole rings is 1. The van der Waals surface area contributed by atoms with Gasteiger partial charge in [0, 0.05) is 30.1 Å². The number of hydrogen-bond donors (Lipinski definition) is 2. The summed E-state index contributed by atoms with van der Waals surface area (Å²) in [5, 5.41) is 0.101. The number of aromatic amines is 1. The van der Waals surface area contributed by atoms with Crippen LogP contribution in [0.5, 0.6) is 0 Å². The molecular formula is C24H25N3S. The van der Waals surface area contributed by atoms with Crippen molar-refractivity contribution in [3.63, 3.8) is 0 Å². The predicted molar refractivity (Wildman–Crippen MR) is 119 cm³/mol. The SMILES string of the molecule is SC(CCCCn1cccc1)c1nc(-c2ccccc2)c(-c2ccccc2)[nH]1. The third-order valence-corrected chi connectivity index (χ3v) is 5.46. The minimum absolute atomic E-state index is 0.101. The van der Waals surface area contributed by atoms with Crippen LogP contribution in [0.1, 0.15) is 30.3 Å². The highest BCUT2D eigenvalue weighted by Crippen LogP contribution is 2.34. The van der Waals surface area contributed by atoms with Crippen molar-refractivity contribution in [3.8, 4) is 22.5 Å². The summed E-state index contributed by atoms with van der Waals surface area (Å²) in [6, 6.07) is 24.9. The minimum atomic E-state index is 0.101. The molecule has 0 saturated heterocycles. The van der Waals surface area contributed by atoms with Gasteiger partial charge < -0.3 is 9.55 Å². The Hall–Kier alpha value is -2.72. The van der Waals surface area contributed by atoms with Crippen molar-refractivity contribution < 1.29 is 0 Å². The first-order valence-corrected chi connectivity index (χ1v) is 10.3. The average Bonchev–Trinajstić information content (AvgIpc) is 3.42. The molecule has 1 atom stereocenters. The summed E-state index contributed by atoms with van der Waals surface area (Å²) < 4.78 is 2.22. The van der Waals surface area contributed by atoms with Crippen LogP contribution in [0.15, 0.2) is 85.2 Å². The number of aromatic nitrogens is 3. The van der Waals surface area contributed by atoms with E-state index in [2.05, 4.69) is 82.6 Å². The zero-order valence-electron chi connectivity index (χ0n) is 15.8. The van der Waals surface area contributed by atoms with Crippen molar-refractivity contribution >= 4 is 12.6 Å². The summed E-state index contributed by atoms with van der Waals surface area (Å²) in [4.78, 5) is 8.51. The first-order chi connectivity index (χ1) is 13.8. The number of aryl methyl sites for hydroxylation is 1. The van der Waals surface area contributed by atoms with Crippen LogP contribution < -0.4 is 0 Å². The molecule has 0 saturated carbocycles. The highest BCUT2D eigenvalue weighted by molar-refractivity contribution is 7.80. The zero-order valence-corrected chi connectivity index (χ0v) is 16.7. The Kier molecular flexibility index (Phi) is 5.98. The summed E-state index contributed by atoms with van der Waals surface area (Å²) in [5.41, 5.74) is 4.33. The van der Waals surface area contributed by atoms with Crippen LogP contribution in [-0.2, 0) is 6.54 Å². The molecule has 0 radical (unpaired) electrons. The van der Waals surface area contributed by atoms with Gasteiger partial charge >= 0.3 is 0 Å². The van der Waals surface area contributed by atoms with Gasteiger partial charge in [-0.15, -0.1) is 0 Å². The molecule has 0 fully saturated rings. The van der Waals surface area contributed by atoms with Gasteiger partial charge in [0.05, 0.1) is 16.6 Å². The number of rotatable bonds is 8. The Morgan fingerprint density at radius 1 is 0.821 bits per heavy atom. The molecule has 4 aromatic rings. The number of benzene rings is 2. The minimum Gasteiger partial charge on any atom is -0.354 e. The number of unbranched alkanes of at least 4 members (excludes halogenated alkanes) is 1. The average molecular weight is 388 g/mol. The summed E-state index contributed by atoms with van der Waals surface area (Å²) >= 11 is 4.85. The fraction of sp³-hybridized carbons (Fsp3) is 0.208. The molecule has 0 amide bonds. The number of hydrogen-bond acceptors (Lipinski definition) is 2. The van der Waals surface area contributed by atoms with Gasteiger partial charge in [-0.25, -0.2) is 4.98 Å². The molecule has 4 rings (SSSR count). The van der Waals surface area contributed by atoms with E-state index in [1.165, 1.54) is 0 Å². The second-order valence-corrected chi connectivity index (χ2v) is 7.63. The first-order valence-electron chi connectivity index (χ1n) is 9.81. The van der Waals surface area contributed by atoms with E-state index in [1.54, 1.807) is 0 Å². The number of H-pyrrole nitrogens is 1. The lowest BCUT2D eigenvalue weighted by Gasteiger charge is -2.08. The van der Waals surface area contributed by atoms with E-state index in [0.717, 1.165) is 54.1 Å². The first kappa shape index (κ1) is 18.6. The van der Waals surface area contributed by atoms with Gasteiger partial charge in [-0.3, -0.25) is 0 Å². The van der Waals surface area contributed by atoms with Crippen molar-refractivity contribution in [2.75, 3.05) is 0 Å². The lowest BCUT2D eigenvalue weighted by Crippen LogP contribution is -1.97. The topological polar surface area (TPSA) is 33.6 Å². The van der Waals surface area contributed by atoms with Crippen LogP contribution in [0, 0.1) is 0 Å². The number of nitrogens with one attached hydrogen (secondary N) is 1. The smallest absolute Gasteiger partial charge is 0.120 e. The van der Waals surface area contributed by atoms with E-state index in [0.29, 0.717) is 0 Å². The van der Waals surface area contributed by atoms with Crippen LogP contribution in [0.3, 0.4) is 0 Å². The molecule has 1 N–H and O–H groups in total. The van der Waals surface area contributed by atoms with Crippen molar-refractivity contribution in [1.82, 2.24) is 14.5 Å². The highest BCUT2D eigenvalue weighted by atomic mass is 32.1. The maximum atomic E-state index is 4.95. The Bertz CT molecular complexity index is 918. The van der Waals surface area contributed by atoms with Crippen LogP contribution in [0.2, 0.25) is 0 Å².